The van der Waals surface area contributed by atoms with Gasteiger partial charge in [0.25, 0.3) is 5.91 Å². The van der Waals surface area contributed by atoms with Crippen molar-refractivity contribution < 1.29 is 19.1 Å². The van der Waals surface area contributed by atoms with E-state index in [0.29, 0.717) is 23.9 Å². The highest BCUT2D eigenvalue weighted by Gasteiger charge is 2.57. The number of hydrogen-bond acceptors (Lipinski definition) is 7. The Morgan fingerprint density at radius 2 is 1.97 bits per heavy atom. The first kappa shape index (κ1) is 25.8. The molecule has 4 saturated carbocycles. The molecule has 198 valence electrons. The smallest absolute Gasteiger partial charge is 0.302 e. The van der Waals surface area contributed by atoms with E-state index in [4.69, 9.17) is 14.5 Å². The van der Waals surface area contributed by atoms with E-state index < -0.39 is 0 Å². The van der Waals surface area contributed by atoms with Gasteiger partial charge in [0.2, 0.25) is 0 Å². The Morgan fingerprint density at radius 3 is 2.64 bits per heavy atom. The van der Waals surface area contributed by atoms with E-state index >= 15 is 0 Å². The van der Waals surface area contributed by atoms with Gasteiger partial charge in [-0.1, -0.05) is 6.92 Å². The van der Waals surface area contributed by atoms with Gasteiger partial charge in [0.05, 0.1) is 17.7 Å². The third-order valence-electron chi connectivity index (χ3n) is 8.92. The highest BCUT2D eigenvalue weighted by molar-refractivity contribution is 7.99. The Labute approximate surface area is 219 Å². The van der Waals surface area contributed by atoms with Crippen LogP contribution in [-0.4, -0.2) is 72.5 Å². The molecule has 3 atom stereocenters. The third-order valence-corrected chi connectivity index (χ3v) is 10.1. The number of rotatable bonds is 8. The predicted molar refractivity (Wildman–Crippen MR) is 141 cm³/mol. The summed E-state index contributed by atoms with van der Waals surface area (Å²) in [4.78, 5) is 34.6. The first-order valence-electron chi connectivity index (χ1n) is 13.7. The number of esters is 1. The molecule has 1 saturated heterocycles. The molecule has 6 rings (SSSR count). The average molecular weight is 516 g/mol. The maximum absolute atomic E-state index is 13.9. The molecule has 1 aromatic heterocycles. The molecule has 2 heterocycles. The normalized spacial score (nSPS) is 33.0. The van der Waals surface area contributed by atoms with Crippen LogP contribution < -0.4 is 4.90 Å². The number of carbonyl (C=O) groups excluding carboxylic acids is 2. The second-order valence-corrected chi connectivity index (χ2v) is 12.5. The lowest BCUT2D eigenvalue weighted by Crippen LogP contribution is -2.62. The molecule has 0 N–H and O–H groups in total. The van der Waals surface area contributed by atoms with Crippen LogP contribution >= 0.6 is 11.8 Å². The molecule has 4 aliphatic carbocycles. The van der Waals surface area contributed by atoms with Crippen molar-refractivity contribution in [1.29, 1.82) is 0 Å². The van der Waals surface area contributed by atoms with Crippen LogP contribution in [-0.2, 0) is 14.3 Å². The summed E-state index contributed by atoms with van der Waals surface area (Å²) < 4.78 is 11.5. The number of anilines is 1. The summed E-state index contributed by atoms with van der Waals surface area (Å²) >= 11 is 1.67. The van der Waals surface area contributed by atoms with Crippen molar-refractivity contribution in [2.24, 2.45) is 17.8 Å². The van der Waals surface area contributed by atoms with Gasteiger partial charge in [-0.2, -0.15) is 0 Å². The molecular formula is C28H41N3O4S. The number of piperidine rings is 1. The summed E-state index contributed by atoms with van der Waals surface area (Å²) in [5.74, 6) is 3.43. The molecule has 7 nitrogen and oxygen atoms in total. The van der Waals surface area contributed by atoms with Crippen molar-refractivity contribution in [3.05, 3.63) is 17.7 Å². The van der Waals surface area contributed by atoms with E-state index in [0.717, 1.165) is 61.2 Å². The molecular weight excluding hydrogens is 474 g/mol. The molecule has 1 amide bonds. The Hall–Kier alpha value is -1.80. The SMILES string of the molecule is CCCSc1nc(N2CCC[C@H](OC(C)=O)C2)ccc1C(=O)N(C)C1C2CC3CC1CC(OC)(C3)C2. The number of amides is 1. The number of thioether (sulfide) groups is 1. The molecule has 2 unspecified atom stereocenters. The van der Waals surface area contributed by atoms with Crippen LogP contribution in [0.15, 0.2) is 17.2 Å². The van der Waals surface area contributed by atoms with E-state index in [-0.39, 0.29) is 29.6 Å². The minimum Gasteiger partial charge on any atom is -0.461 e. The van der Waals surface area contributed by atoms with Gasteiger partial charge in [-0.3, -0.25) is 9.59 Å². The largest absolute Gasteiger partial charge is 0.461 e. The maximum Gasteiger partial charge on any atom is 0.302 e. The Morgan fingerprint density at radius 1 is 1.22 bits per heavy atom. The van der Waals surface area contributed by atoms with Crippen molar-refractivity contribution in [3.8, 4) is 0 Å². The zero-order chi connectivity index (χ0) is 25.4. The van der Waals surface area contributed by atoms with Crippen molar-refractivity contribution >= 4 is 29.5 Å². The molecule has 5 fully saturated rings. The van der Waals surface area contributed by atoms with Gasteiger partial charge in [0, 0.05) is 33.7 Å². The summed E-state index contributed by atoms with van der Waals surface area (Å²) in [5.41, 5.74) is 0.754. The number of ether oxygens (including phenoxy) is 2. The zero-order valence-corrected chi connectivity index (χ0v) is 23.0. The standard InChI is InChI=1S/C28H41N3O4S/c1-5-11-36-26-23(8-9-24(29-26)31-10-6-7-22(17-31)35-18(2)32)27(33)30(3)25-20-12-19-13-21(25)16-28(14-19,15-20)34-4/h8-9,19-22,25H,5-7,10-17H2,1-4H3/t19?,20?,21?,22-,25?,28?/m0/s1. The molecule has 0 radical (unpaired) electrons. The fourth-order valence-electron chi connectivity index (χ4n) is 7.69. The number of hydrogen-bond donors (Lipinski definition) is 0. The van der Waals surface area contributed by atoms with Crippen LogP contribution in [0.5, 0.6) is 0 Å². The van der Waals surface area contributed by atoms with Crippen molar-refractivity contribution in [2.45, 2.75) is 88.0 Å². The minimum atomic E-state index is -0.237. The Balaban J connectivity index is 1.36. The van der Waals surface area contributed by atoms with E-state index in [2.05, 4.69) is 11.8 Å². The number of carbonyl (C=O) groups is 2. The summed E-state index contributed by atoms with van der Waals surface area (Å²) in [5, 5.41) is 0.818. The van der Waals surface area contributed by atoms with Crippen LogP contribution in [0.25, 0.3) is 0 Å². The number of nitrogens with zero attached hydrogens (tertiary/aromatic N) is 3. The van der Waals surface area contributed by atoms with Crippen LogP contribution in [0.2, 0.25) is 0 Å². The molecule has 0 aromatic carbocycles. The fourth-order valence-corrected chi connectivity index (χ4v) is 8.55. The van der Waals surface area contributed by atoms with E-state index in [1.54, 1.807) is 11.8 Å². The average Bonchev–Trinajstić information content (AvgIpc) is 2.86. The molecule has 36 heavy (non-hydrogen) atoms. The van der Waals surface area contributed by atoms with Gasteiger partial charge in [0.15, 0.2) is 0 Å². The first-order chi connectivity index (χ1) is 17.3. The fraction of sp³-hybridized carbons (Fsp3) is 0.750. The van der Waals surface area contributed by atoms with E-state index in [9.17, 15) is 9.59 Å². The molecule has 5 aliphatic rings. The van der Waals surface area contributed by atoms with E-state index in [1.165, 1.54) is 26.2 Å². The highest BCUT2D eigenvalue weighted by Crippen LogP contribution is 2.58. The van der Waals surface area contributed by atoms with Gasteiger partial charge in [0.1, 0.15) is 16.9 Å². The maximum atomic E-state index is 13.9. The summed E-state index contributed by atoms with van der Waals surface area (Å²) in [6.45, 7) is 5.14. The third kappa shape index (κ3) is 5.00. The van der Waals surface area contributed by atoms with Gasteiger partial charge < -0.3 is 19.3 Å². The molecule has 4 bridgehead atoms. The lowest BCUT2D eigenvalue weighted by atomic mass is 9.52. The lowest BCUT2D eigenvalue weighted by Gasteiger charge is -2.60. The monoisotopic (exact) mass is 515 g/mol. The molecule has 8 heteroatoms. The number of pyridine rings is 1. The quantitative estimate of drug-likeness (QED) is 0.364. The Bertz CT molecular complexity index is 972. The summed E-state index contributed by atoms with van der Waals surface area (Å²) in [6.07, 6.45) is 8.53. The number of aromatic nitrogens is 1. The second kappa shape index (κ2) is 10.5. The molecule has 0 spiro atoms. The first-order valence-corrected chi connectivity index (χ1v) is 14.7. The topological polar surface area (TPSA) is 72.0 Å². The van der Waals surface area contributed by atoms with Crippen LogP contribution in [0.4, 0.5) is 5.82 Å². The predicted octanol–water partition coefficient (Wildman–Crippen LogP) is 4.78. The van der Waals surface area contributed by atoms with Gasteiger partial charge in [-0.25, -0.2) is 4.98 Å². The van der Waals surface area contributed by atoms with Gasteiger partial charge in [-0.05, 0) is 87.0 Å². The Kier molecular flexibility index (Phi) is 7.55. The second-order valence-electron chi connectivity index (χ2n) is 11.5. The van der Waals surface area contributed by atoms with Crippen LogP contribution in [0, 0.1) is 17.8 Å². The number of methoxy groups -OCH3 is 1. The lowest BCUT2D eigenvalue weighted by molar-refractivity contribution is -0.168. The minimum absolute atomic E-state index is 0.0423. The van der Waals surface area contributed by atoms with Gasteiger partial charge in [-0.15, -0.1) is 11.8 Å². The van der Waals surface area contributed by atoms with Crippen LogP contribution in [0.1, 0.15) is 75.6 Å². The summed E-state index contributed by atoms with van der Waals surface area (Å²) in [6, 6.07) is 4.23. The van der Waals surface area contributed by atoms with E-state index in [1.807, 2.05) is 31.2 Å². The summed E-state index contributed by atoms with van der Waals surface area (Å²) in [7, 11) is 3.88. The molecule has 1 aromatic rings. The van der Waals surface area contributed by atoms with Crippen LogP contribution in [0.3, 0.4) is 0 Å². The van der Waals surface area contributed by atoms with Crippen molar-refractivity contribution in [3.63, 3.8) is 0 Å². The molecule has 1 aliphatic heterocycles. The van der Waals surface area contributed by atoms with Crippen molar-refractivity contribution in [1.82, 2.24) is 9.88 Å². The van der Waals surface area contributed by atoms with Crippen molar-refractivity contribution in [2.75, 3.05) is 37.9 Å². The highest BCUT2D eigenvalue weighted by atomic mass is 32.2. The zero-order valence-electron chi connectivity index (χ0n) is 22.2. The van der Waals surface area contributed by atoms with Gasteiger partial charge >= 0.3 is 5.97 Å².